The van der Waals surface area contributed by atoms with E-state index in [0.717, 1.165) is 0 Å². The summed E-state index contributed by atoms with van der Waals surface area (Å²) in [5, 5.41) is 13.0. The third-order valence-corrected chi connectivity index (χ3v) is 3.41. The summed E-state index contributed by atoms with van der Waals surface area (Å²) in [6.07, 6.45) is 0. The molecule has 0 saturated carbocycles. The van der Waals surface area contributed by atoms with Crippen LogP contribution in [0.4, 0.5) is 0 Å². The Morgan fingerprint density at radius 1 is 1.47 bits per heavy atom. The fraction of sp³-hybridized carbons (Fsp3) is 0.900. The number of carbonyl (C=O) groups excluding carboxylic acids is 1. The van der Waals surface area contributed by atoms with E-state index in [9.17, 15) is 9.90 Å². The summed E-state index contributed by atoms with van der Waals surface area (Å²) in [7, 11) is 1.34. The molecule has 0 aromatic carbocycles. The molecule has 1 atom stereocenters. The van der Waals surface area contributed by atoms with Crippen molar-refractivity contribution < 1.29 is 14.6 Å². The lowest BCUT2D eigenvalue weighted by atomic mass is 9.86. The number of methoxy groups -OCH3 is 1. The molecule has 1 unspecified atom stereocenters. The van der Waals surface area contributed by atoms with Gasteiger partial charge >= 0.3 is 5.97 Å². The van der Waals surface area contributed by atoms with E-state index in [1.54, 1.807) is 13.8 Å². The van der Waals surface area contributed by atoms with Crippen molar-refractivity contribution in [1.29, 1.82) is 0 Å². The highest BCUT2D eigenvalue weighted by Crippen LogP contribution is 2.20. The molecule has 0 radical (unpaired) electrons. The van der Waals surface area contributed by atoms with Gasteiger partial charge in [-0.25, -0.2) is 0 Å². The number of hydrogen-bond acceptors (Lipinski definition) is 4. The van der Waals surface area contributed by atoms with Gasteiger partial charge in [0, 0.05) is 12.1 Å². The number of ether oxygens (including phenoxy) is 1. The molecule has 0 fully saturated rings. The van der Waals surface area contributed by atoms with E-state index in [1.807, 2.05) is 13.8 Å². The van der Waals surface area contributed by atoms with Gasteiger partial charge < -0.3 is 15.2 Å². The summed E-state index contributed by atoms with van der Waals surface area (Å²) in [5.74, 6) is -0.325. The fourth-order valence-corrected chi connectivity index (χ4v) is 1.12. The Morgan fingerprint density at radius 2 is 1.93 bits per heavy atom. The predicted molar refractivity (Wildman–Crippen MR) is 63.1 cm³/mol. The van der Waals surface area contributed by atoms with Crippen LogP contribution in [0.2, 0.25) is 0 Å². The second-order valence-corrected chi connectivity index (χ2v) is 5.66. The molecule has 0 aliphatic carbocycles. The molecule has 0 aromatic rings. The fourth-order valence-electron chi connectivity index (χ4n) is 0.772. The highest BCUT2D eigenvalue weighted by Gasteiger charge is 2.35. The van der Waals surface area contributed by atoms with Gasteiger partial charge in [0.25, 0.3) is 0 Å². The van der Waals surface area contributed by atoms with Crippen LogP contribution in [0.15, 0.2) is 0 Å². The quantitative estimate of drug-likeness (QED) is 0.585. The molecule has 15 heavy (non-hydrogen) atoms. The van der Waals surface area contributed by atoms with Crippen molar-refractivity contribution in [2.75, 3.05) is 13.7 Å². The molecule has 0 rings (SSSR count). The van der Waals surface area contributed by atoms with Crippen molar-refractivity contribution in [3.05, 3.63) is 0 Å². The van der Waals surface area contributed by atoms with Crippen molar-refractivity contribution in [2.45, 2.75) is 43.7 Å². The molecule has 5 heteroatoms. The second kappa shape index (κ2) is 5.27. The van der Waals surface area contributed by atoms with Crippen LogP contribution in [-0.4, -0.2) is 40.7 Å². The van der Waals surface area contributed by atoms with E-state index >= 15 is 0 Å². The van der Waals surface area contributed by atoms with Gasteiger partial charge in [-0.1, -0.05) is 15.9 Å². The molecular formula is C10H20BrNO3. The van der Waals surface area contributed by atoms with Crippen LogP contribution < -0.4 is 5.32 Å². The Morgan fingerprint density at radius 3 is 2.27 bits per heavy atom. The molecule has 0 aliphatic heterocycles. The van der Waals surface area contributed by atoms with Gasteiger partial charge in [0.05, 0.1) is 12.7 Å². The molecule has 4 nitrogen and oxygen atoms in total. The normalized spacial score (nSPS) is 14.9. The molecule has 0 spiro atoms. The number of rotatable bonds is 5. The van der Waals surface area contributed by atoms with Crippen LogP contribution in [0.25, 0.3) is 0 Å². The number of alkyl halides is 1. The van der Waals surface area contributed by atoms with Gasteiger partial charge in [0.15, 0.2) is 0 Å². The lowest BCUT2D eigenvalue weighted by Crippen LogP contribution is -2.57. The van der Waals surface area contributed by atoms with Gasteiger partial charge in [-0.05, 0) is 27.7 Å². The first kappa shape index (κ1) is 14.9. The third-order valence-electron chi connectivity index (χ3n) is 2.71. The Hall–Kier alpha value is -0.130. The number of nitrogens with one attached hydrogen (secondary N) is 1. The standard InChI is InChI=1S/C10H20BrNO3/c1-9(2,10(3,4)14)12-6-7(11)8(13)15-5/h7,12,14H,6H2,1-5H3. The van der Waals surface area contributed by atoms with Gasteiger partial charge in [-0.15, -0.1) is 0 Å². The summed E-state index contributed by atoms with van der Waals surface area (Å²) >= 11 is 3.20. The van der Waals surface area contributed by atoms with Crippen molar-refractivity contribution >= 4 is 21.9 Å². The van der Waals surface area contributed by atoms with E-state index in [0.29, 0.717) is 6.54 Å². The first-order valence-electron chi connectivity index (χ1n) is 4.81. The zero-order valence-electron chi connectivity index (χ0n) is 9.93. The van der Waals surface area contributed by atoms with Crippen LogP contribution in [-0.2, 0) is 9.53 Å². The van der Waals surface area contributed by atoms with Gasteiger partial charge in [0.1, 0.15) is 4.83 Å². The molecule has 90 valence electrons. The molecule has 0 bridgehead atoms. The smallest absolute Gasteiger partial charge is 0.320 e. The predicted octanol–water partition coefficient (Wildman–Crippen LogP) is 1.06. The van der Waals surface area contributed by atoms with Crippen LogP contribution in [0, 0.1) is 0 Å². The summed E-state index contributed by atoms with van der Waals surface area (Å²) < 4.78 is 4.57. The summed E-state index contributed by atoms with van der Waals surface area (Å²) in [6.45, 7) is 7.61. The number of esters is 1. The maximum absolute atomic E-state index is 11.1. The molecule has 0 heterocycles. The third kappa shape index (κ3) is 4.49. The van der Waals surface area contributed by atoms with Crippen molar-refractivity contribution in [1.82, 2.24) is 5.32 Å². The Bertz CT molecular complexity index is 223. The lowest BCUT2D eigenvalue weighted by molar-refractivity contribution is -0.139. The second-order valence-electron chi connectivity index (χ2n) is 4.56. The Labute approximate surface area is 99.5 Å². The number of halogens is 1. The lowest BCUT2D eigenvalue weighted by Gasteiger charge is -2.38. The average molecular weight is 282 g/mol. The van der Waals surface area contributed by atoms with Gasteiger partial charge in [-0.3, -0.25) is 4.79 Å². The molecular weight excluding hydrogens is 262 g/mol. The number of hydrogen-bond donors (Lipinski definition) is 2. The highest BCUT2D eigenvalue weighted by molar-refractivity contribution is 9.10. The SMILES string of the molecule is COC(=O)C(Br)CNC(C)(C)C(C)(C)O. The Balaban J connectivity index is 4.22. The Kier molecular flexibility index (Phi) is 5.23. The topological polar surface area (TPSA) is 58.6 Å². The van der Waals surface area contributed by atoms with Crippen LogP contribution in [0.1, 0.15) is 27.7 Å². The van der Waals surface area contributed by atoms with Crippen molar-refractivity contribution in [3.63, 3.8) is 0 Å². The van der Waals surface area contributed by atoms with E-state index in [-0.39, 0.29) is 5.97 Å². The van der Waals surface area contributed by atoms with E-state index in [1.165, 1.54) is 7.11 Å². The maximum Gasteiger partial charge on any atom is 0.320 e. The molecule has 0 aliphatic rings. The minimum absolute atomic E-state index is 0.325. The monoisotopic (exact) mass is 281 g/mol. The molecule has 0 aromatic heterocycles. The minimum Gasteiger partial charge on any atom is -0.468 e. The summed E-state index contributed by atoms with van der Waals surface area (Å²) in [4.78, 5) is 10.7. The van der Waals surface area contributed by atoms with Gasteiger partial charge in [-0.2, -0.15) is 0 Å². The van der Waals surface area contributed by atoms with E-state index in [4.69, 9.17) is 0 Å². The van der Waals surface area contributed by atoms with E-state index < -0.39 is 16.0 Å². The number of aliphatic hydroxyl groups is 1. The van der Waals surface area contributed by atoms with E-state index in [2.05, 4.69) is 26.0 Å². The zero-order valence-corrected chi connectivity index (χ0v) is 11.5. The molecule has 2 N–H and O–H groups in total. The van der Waals surface area contributed by atoms with Crippen LogP contribution in [0.5, 0.6) is 0 Å². The molecule has 0 saturated heterocycles. The van der Waals surface area contributed by atoms with Crippen LogP contribution in [0.3, 0.4) is 0 Å². The first-order valence-corrected chi connectivity index (χ1v) is 5.72. The average Bonchev–Trinajstić information content (AvgIpc) is 2.11. The van der Waals surface area contributed by atoms with Crippen LogP contribution >= 0.6 is 15.9 Å². The summed E-state index contributed by atoms with van der Waals surface area (Å²) in [5.41, 5.74) is -1.34. The highest BCUT2D eigenvalue weighted by atomic mass is 79.9. The van der Waals surface area contributed by atoms with Gasteiger partial charge in [0.2, 0.25) is 0 Å². The summed E-state index contributed by atoms with van der Waals surface area (Å²) in [6, 6.07) is 0. The molecule has 0 amide bonds. The first-order chi connectivity index (χ1) is 6.62. The van der Waals surface area contributed by atoms with Crippen molar-refractivity contribution in [2.24, 2.45) is 0 Å². The largest absolute Gasteiger partial charge is 0.468 e. The minimum atomic E-state index is -0.865. The zero-order chi connectivity index (χ0) is 12.3. The number of carbonyl (C=O) groups is 1. The maximum atomic E-state index is 11.1. The van der Waals surface area contributed by atoms with Crippen molar-refractivity contribution in [3.8, 4) is 0 Å².